The molecule has 1 aromatic carbocycles. The zero-order chi connectivity index (χ0) is 21.6. The Morgan fingerprint density at radius 2 is 1.68 bits per heavy atom. The summed E-state index contributed by atoms with van der Waals surface area (Å²) in [6, 6.07) is 7.22. The molecule has 0 unspecified atom stereocenters. The first kappa shape index (κ1) is 20.5. The summed E-state index contributed by atoms with van der Waals surface area (Å²) in [5.41, 5.74) is 1.66. The third-order valence-corrected chi connectivity index (χ3v) is 8.05. The minimum atomic E-state index is -0.540. The highest BCUT2D eigenvalue weighted by Crippen LogP contribution is 2.60. The maximum atomic E-state index is 13.2. The topological polar surface area (TPSA) is 78.5 Å². The van der Waals surface area contributed by atoms with Crippen molar-refractivity contribution in [1.29, 1.82) is 0 Å². The number of carbonyl (C=O) groups excluding carboxylic acids is 3. The normalized spacial score (nSPS) is 32.2. The zero-order valence-electron chi connectivity index (χ0n) is 18.4. The van der Waals surface area contributed by atoms with Crippen molar-refractivity contribution in [3.05, 3.63) is 29.8 Å². The molecular weight excluding hydrogens is 390 g/mol. The van der Waals surface area contributed by atoms with E-state index in [0.29, 0.717) is 30.7 Å². The first-order chi connectivity index (χ1) is 14.9. The van der Waals surface area contributed by atoms with E-state index in [4.69, 9.17) is 0 Å². The van der Waals surface area contributed by atoms with Crippen molar-refractivity contribution in [2.24, 2.45) is 23.2 Å². The number of nitrogens with one attached hydrogen (secondary N) is 2. The van der Waals surface area contributed by atoms with Gasteiger partial charge in [0.05, 0.1) is 0 Å². The molecule has 0 aromatic heterocycles. The van der Waals surface area contributed by atoms with E-state index >= 15 is 0 Å². The van der Waals surface area contributed by atoms with Crippen LogP contribution in [0.15, 0.2) is 24.3 Å². The number of carbonyl (C=O) groups is 3. The Morgan fingerprint density at radius 3 is 2.23 bits per heavy atom. The van der Waals surface area contributed by atoms with E-state index in [0.717, 1.165) is 43.5 Å². The molecule has 1 heterocycles. The van der Waals surface area contributed by atoms with Crippen LogP contribution in [0.3, 0.4) is 0 Å². The van der Waals surface area contributed by atoms with E-state index in [-0.39, 0.29) is 23.1 Å². The summed E-state index contributed by atoms with van der Waals surface area (Å²) in [6.07, 6.45) is 8.43. The number of hydrogen-bond donors (Lipinski definition) is 2. The van der Waals surface area contributed by atoms with E-state index < -0.39 is 6.04 Å². The molecule has 5 aliphatic rings. The van der Waals surface area contributed by atoms with Crippen LogP contribution in [0.5, 0.6) is 0 Å². The van der Waals surface area contributed by atoms with Gasteiger partial charge in [-0.25, -0.2) is 0 Å². The van der Waals surface area contributed by atoms with Crippen molar-refractivity contribution in [2.45, 2.75) is 70.9 Å². The van der Waals surface area contributed by atoms with Gasteiger partial charge in [-0.2, -0.15) is 0 Å². The molecule has 4 aliphatic carbocycles. The highest BCUT2D eigenvalue weighted by Gasteiger charge is 2.54. The second-order valence-electron chi connectivity index (χ2n) is 10.4. The molecule has 3 amide bonds. The lowest BCUT2D eigenvalue weighted by atomic mass is 9.49. The van der Waals surface area contributed by atoms with E-state index in [1.54, 1.807) is 6.92 Å². The van der Waals surface area contributed by atoms with Gasteiger partial charge in [-0.1, -0.05) is 12.1 Å². The average molecular weight is 424 g/mol. The van der Waals surface area contributed by atoms with Crippen LogP contribution in [0, 0.1) is 23.2 Å². The summed E-state index contributed by atoms with van der Waals surface area (Å²) >= 11 is 0. The summed E-state index contributed by atoms with van der Waals surface area (Å²) in [5.74, 6) is 2.23. The first-order valence-corrected chi connectivity index (χ1v) is 11.9. The Bertz CT molecular complexity index is 843. The number of amides is 3. The van der Waals surface area contributed by atoms with Gasteiger partial charge in [-0.3, -0.25) is 14.4 Å². The van der Waals surface area contributed by atoms with Crippen LogP contribution in [0.25, 0.3) is 0 Å². The number of rotatable bonds is 6. The summed E-state index contributed by atoms with van der Waals surface area (Å²) in [6.45, 7) is 2.95. The van der Waals surface area contributed by atoms with E-state index in [2.05, 4.69) is 10.6 Å². The molecule has 6 heteroatoms. The molecule has 6 rings (SSSR count). The molecule has 1 atom stereocenters. The molecule has 166 valence electrons. The predicted octanol–water partition coefficient (Wildman–Crippen LogP) is 3.15. The Hall–Kier alpha value is -2.37. The van der Waals surface area contributed by atoms with Gasteiger partial charge in [-0.15, -0.1) is 0 Å². The third-order valence-electron chi connectivity index (χ3n) is 8.05. The summed E-state index contributed by atoms with van der Waals surface area (Å²) in [5, 5.41) is 5.97. The van der Waals surface area contributed by atoms with Gasteiger partial charge >= 0.3 is 0 Å². The van der Waals surface area contributed by atoms with Crippen LogP contribution in [0.4, 0.5) is 5.69 Å². The molecule has 0 spiro atoms. The molecule has 5 fully saturated rings. The van der Waals surface area contributed by atoms with Gasteiger partial charge < -0.3 is 15.5 Å². The third kappa shape index (κ3) is 3.97. The van der Waals surface area contributed by atoms with Crippen molar-refractivity contribution < 1.29 is 14.4 Å². The van der Waals surface area contributed by atoms with Gasteiger partial charge in [0.1, 0.15) is 6.04 Å². The Balaban J connectivity index is 1.13. The predicted molar refractivity (Wildman–Crippen MR) is 118 cm³/mol. The summed E-state index contributed by atoms with van der Waals surface area (Å²) in [7, 11) is 0. The van der Waals surface area contributed by atoms with Crippen LogP contribution in [0.2, 0.25) is 0 Å². The van der Waals surface area contributed by atoms with Gasteiger partial charge in [0.15, 0.2) is 0 Å². The highest BCUT2D eigenvalue weighted by atomic mass is 16.2. The SMILES string of the molecule is C[C@H](NC(=O)C12CC3CC(CC(C3)C1)C2)C(=O)NCc1ccc(N2CCCC2=O)cc1. The van der Waals surface area contributed by atoms with Crippen molar-refractivity contribution in [3.8, 4) is 0 Å². The quantitative estimate of drug-likeness (QED) is 0.738. The summed E-state index contributed by atoms with van der Waals surface area (Å²) in [4.78, 5) is 39.5. The first-order valence-electron chi connectivity index (χ1n) is 11.9. The molecule has 0 radical (unpaired) electrons. The fourth-order valence-corrected chi connectivity index (χ4v) is 6.86. The van der Waals surface area contributed by atoms with E-state index in [1.165, 1.54) is 19.3 Å². The Kier molecular flexibility index (Phi) is 5.27. The van der Waals surface area contributed by atoms with Gasteiger partial charge in [-0.05, 0) is 87.3 Å². The minimum Gasteiger partial charge on any atom is -0.350 e. The Morgan fingerprint density at radius 1 is 1.06 bits per heavy atom. The lowest BCUT2D eigenvalue weighted by Crippen LogP contribution is -2.56. The molecule has 6 nitrogen and oxygen atoms in total. The number of benzene rings is 1. The minimum absolute atomic E-state index is 0.0916. The zero-order valence-corrected chi connectivity index (χ0v) is 18.4. The van der Waals surface area contributed by atoms with Gasteiger partial charge in [0, 0.05) is 30.6 Å². The van der Waals surface area contributed by atoms with Crippen LogP contribution >= 0.6 is 0 Å². The smallest absolute Gasteiger partial charge is 0.242 e. The fraction of sp³-hybridized carbons (Fsp3) is 0.640. The lowest BCUT2D eigenvalue weighted by molar-refractivity contribution is -0.148. The van der Waals surface area contributed by atoms with Crippen LogP contribution in [0.1, 0.15) is 63.9 Å². The molecule has 2 N–H and O–H groups in total. The maximum absolute atomic E-state index is 13.2. The standard InChI is InChI=1S/C25H33N3O3/c1-16(27-24(31)25-12-18-9-19(13-25)11-20(10-18)14-25)23(30)26-15-17-4-6-21(7-5-17)28-8-2-3-22(28)29/h4-7,16,18-20H,2-3,8-15H2,1H3,(H,26,30)(H,27,31)/t16-,18?,19?,20?,25?/m0/s1. The average Bonchev–Trinajstić information content (AvgIpc) is 3.17. The number of nitrogens with zero attached hydrogens (tertiary/aromatic N) is 1. The maximum Gasteiger partial charge on any atom is 0.242 e. The summed E-state index contributed by atoms with van der Waals surface area (Å²) < 4.78 is 0. The van der Waals surface area contributed by atoms with E-state index in [1.807, 2.05) is 29.2 Å². The molecule has 4 saturated carbocycles. The number of anilines is 1. The number of hydrogen-bond acceptors (Lipinski definition) is 3. The molecule has 1 aromatic rings. The fourth-order valence-electron chi connectivity index (χ4n) is 6.86. The van der Waals surface area contributed by atoms with Crippen molar-refractivity contribution in [1.82, 2.24) is 10.6 Å². The van der Waals surface area contributed by atoms with Crippen LogP contribution in [-0.4, -0.2) is 30.3 Å². The molecular formula is C25H33N3O3. The lowest BCUT2D eigenvalue weighted by Gasteiger charge is -2.55. The van der Waals surface area contributed by atoms with Crippen LogP contribution in [-0.2, 0) is 20.9 Å². The highest BCUT2D eigenvalue weighted by molar-refractivity contribution is 5.95. The molecule has 1 aliphatic heterocycles. The second-order valence-corrected chi connectivity index (χ2v) is 10.4. The second kappa shape index (κ2) is 7.95. The Labute approximate surface area is 184 Å². The van der Waals surface area contributed by atoms with Crippen molar-refractivity contribution >= 4 is 23.4 Å². The largest absolute Gasteiger partial charge is 0.350 e. The molecule has 4 bridgehead atoms. The van der Waals surface area contributed by atoms with Gasteiger partial charge in [0.25, 0.3) is 0 Å². The van der Waals surface area contributed by atoms with E-state index in [9.17, 15) is 14.4 Å². The molecule has 31 heavy (non-hydrogen) atoms. The van der Waals surface area contributed by atoms with Crippen molar-refractivity contribution in [3.63, 3.8) is 0 Å². The molecule has 1 saturated heterocycles. The van der Waals surface area contributed by atoms with Crippen LogP contribution < -0.4 is 15.5 Å². The monoisotopic (exact) mass is 423 g/mol. The van der Waals surface area contributed by atoms with Gasteiger partial charge in [0.2, 0.25) is 17.7 Å². The van der Waals surface area contributed by atoms with Crippen molar-refractivity contribution in [2.75, 3.05) is 11.4 Å².